The standard InChI is InChI=1S/C15H19NO4/c1-10-7-11(15(18)19)9-16(8-10)14(17)12-5-3-4-6-13(12)20-2/h3-6,10-11H,7-9H2,1-2H3,(H,18,19). The predicted octanol–water partition coefficient (Wildman–Crippen LogP) is 1.88. The summed E-state index contributed by atoms with van der Waals surface area (Å²) >= 11 is 0. The second-order valence-corrected chi connectivity index (χ2v) is 5.29. The zero-order chi connectivity index (χ0) is 14.7. The van der Waals surface area contributed by atoms with Gasteiger partial charge < -0.3 is 14.7 Å². The Hall–Kier alpha value is -2.04. The summed E-state index contributed by atoms with van der Waals surface area (Å²) in [7, 11) is 1.52. The molecule has 1 amide bonds. The molecule has 1 aromatic carbocycles. The summed E-state index contributed by atoms with van der Waals surface area (Å²) in [6.45, 7) is 2.81. The van der Waals surface area contributed by atoms with Gasteiger partial charge in [0.15, 0.2) is 0 Å². The minimum absolute atomic E-state index is 0.166. The summed E-state index contributed by atoms with van der Waals surface area (Å²) in [5.74, 6) is -0.793. The summed E-state index contributed by atoms with van der Waals surface area (Å²) in [6.07, 6.45) is 0.616. The Morgan fingerprint density at radius 2 is 2.00 bits per heavy atom. The Kier molecular flexibility index (Phi) is 4.27. The number of aliphatic carboxylic acids is 1. The Labute approximate surface area is 118 Å². The van der Waals surface area contributed by atoms with Gasteiger partial charge in [0.2, 0.25) is 0 Å². The predicted molar refractivity (Wildman–Crippen MR) is 73.8 cm³/mol. The van der Waals surface area contributed by atoms with Gasteiger partial charge in [-0.25, -0.2) is 0 Å². The first-order valence-corrected chi connectivity index (χ1v) is 6.68. The molecule has 5 nitrogen and oxygen atoms in total. The number of para-hydroxylation sites is 1. The minimum atomic E-state index is -0.839. The van der Waals surface area contributed by atoms with Gasteiger partial charge in [0.25, 0.3) is 5.91 Å². The van der Waals surface area contributed by atoms with E-state index in [0.29, 0.717) is 24.3 Å². The number of hydrogen-bond acceptors (Lipinski definition) is 3. The topological polar surface area (TPSA) is 66.8 Å². The van der Waals surface area contributed by atoms with E-state index in [9.17, 15) is 9.59 Å². The zero-order valence-corrected chi connectivity index (χ0v) is 11.7. The SMILES string of the molecule is COc1ccccc1C(=O)N1CC(C)CC(C(=O)O)C1. The van der Waals surface area contributed by atoms with Crippen LogP contribution >= 0.6 is 0 Å². The normalized spacial score (nSPS) is 22.4. The number of hydrogen-bond donors (Lipinski definition) is 1. The number of rotatable bonds is 3. The largest absolute Gasteiger partial charge is 0.496 e. The van der Waals surface area contributed by atoms with Crippen LogP contribution in [0.4, 0.5) is 0 Å². The fourth-order valence-corrected chi connectivity index (χ4v) is 2.69. The third-order valence-corrected chi connectivity index (χ3v) is 3.63. The molecule has 1 aliphatic rings. The number of methoxy groups -OCH3 is 1. The average molecular weight is 277 g/mol. The van der Waals surface area contributed by atoms with Gasteiger partial charge in [-0.15, -0.1) is 0 Å². The van der Waals surface area contributed by atoms with E-state index >= 15 is 0 Å². The highest BCUT2D eigenvalue weighted by atomic mass is 16.5. The van der Waals surface area contributed by atoms with Gasteiger partial charge in [0, 0.05) is 13.1 Å². The van der Waals surface area contributed by atoms with E-state index in [0.717, 1.165) is 0 Å². The van der Waals surface area contributed by atoms with Crippen LogP contribution in [0.5, 0.6) is 5.75 Å². The van der Waals surface area contributed by atoms with Crippen molar-refractivity contribution in [2.24, 2.45) is 11.8 Å². The number of piperidine rings is 1. The molecule has 108 valence electrons. The van der Waals surface area contributed by atoms with Crippen molar-refractivity contribution in [1.29, 1.82) is 0 Å². The van der Waals surface area contributed by atoms with E-state index in [1.165, 1.54) is 7.11 Å². The molecular formula is C15H19NO4. The summed E-state index contributed by atoms with van der Waals surface area (Å²) in [5, 5.41) is 9.16. The lowest BCUT2D eigenvalue weighted by Gasteiger charge is -2.34. The third-order valence-electron chi connectivity index (χ3n) is 3.63. The number of amides is 1. The molecule has 0 aromatic heterocycles. The number of carboxylic acid groups (broad SMARTS) is 1. The highest BCUT2D eigenvalue weighted by Gasteiger charge is 2.32. The first-order valence-electron chi connectivity index (χ1n) is 6.68. The van der Waals surface area contributed by atoms with Crippen molar-refractivity contribution in [3.63, 3.8) is 0 Å². The number of carboxylic acids is 1. The highest BCUT2D eigenvalue weighted by molar-refractivity contribution is 5.97. The molecule has 0 spiro atoms. The zero-order valence-electron chi connectivity index (χ0n) is 11.7. The van der Waals surface area contributed by atoms with Crippen LogP contribution in [0.1, 0.15) is 23.7 Å². The van der Waals surface area contributed by atoms with E-state index in [2.05, 4.69) is 0 Å². The van der Waals surface area contributed by atoms with Crippen molar-refractivity contribution in [3.8, 4) is 5.75 Å². The molecule has 5 heteroatoms. The fourth-order valence-electron chi connectivity index (χ4n) is 2.69. The maximum absolute atomic E-state index is 12.5. The molecule has 2 unspecified atom stereocenters. The Balaban J connectivity index is 2.21. The molecular weight excluding hydrogens is 258 g/mol. The van der Waals surface area contributed by atoms with Gasteiger partial charge in [0.1, 0.15) is 5.75 Å². The lowest BCUT2D eigenvalue weighted by Crippen LogP contribution is -2.45. The van der Waals surface area contributed by atoms with Crippen molar-refractivity contribution >= 4 is 11.9 Å². The number of likely N-dealkylation sites (tertiary alicyclic amines) is 1. The fraction of sp³-hybridized carbons (Fsp3) is 0.467. The molecule has 0 bridgehead atoms. The van der Waals surface area contributed by atoms with Gasteiger partial charge in [-0.05, 0) is 24.5 Å². The number of carbonyl (C=O) groups excluding carboxylic acids is 1. The average Bonchev–Trinajstić information content (AvgIpc) is 2.45. The van der Waals surface area contributed by atoms with Crippen LogP contribution in [0, 0.1) is 11.8 Å². The molecule has 1 heterocycles. The Bertz CT molecular complexity index is 514. The van der Waals surface area contributed by atoms with Crippen LogP contribution in [0.2, 0.25) is 0 Å². The lowest BCUT2D eigenvalue weighted by molar-refractivity contribution is -0.143. The van der Waals surface area contributed by atoms with E-state index in [1.54, 1.807) is 29.2 Å². The molecule has 0 aliphatic carbocycles. The van der Waals surface area contributed by atoms with Crippen LogP contribution in [0.15, 0.2) is 24.3 Å². The maximum Gasteiger partial charge on any atom is 0.308 e. The maximum atomic E-state index is 12.5. The van der Waals surface area contributed by atoms with Crippen molar-refractivity contribution in [2.45, 2.75) is 13.3 Å². The van der Waals surface area contributed by atoms with Crippen molar-refractivity contribution in [3.05, 3.63) is 29.8 Å². The molecule has 20 heavy (non-hydrogen) atoms. The lowest BCUT2D eigenvalue weighted by atomic mass is 9.90. The molecule has 0 radical (unpaired) electrons. The van der Waals surface area contributed by atoms with E-state index in [-0.39, 0.29) is 18.4 Å². The monoisotopic (exact) mass is 277 g/mol. The summed E-state index contributed by atoms with van der Waals surface area (Å²) < 4.78 is 5.19. The van der Waals surface area contributed by atoms with Crippen LogP contribution in [0.25, 0.3) is 0 Å². The minimum Gasteiger partial charge on any atom is -0.496 e. The van der Waals surface area contributed by atoms with Crippen LogP contribution in [-0.2, 0) is 4.79 Å². The first kappa shape index (κ1) is 14.4. The van der Waals surface area contributed by atoms with Gasteiger partial charge in [-0.2, -0.15) is 0 Å². The number of benzene rings is 1. The summed E-state index contributed by atoms with van der Waals surface area (Å²) in [6, 6.07) is 7.01. The molecule has 1 aromatic rings. The molecule has 1 fully saturated rings. The number of ether oxygens (including phenoxy) is 1. The summed E-state index contributed by atoms with van der Waals surface area (Å²) in [5.41, 5.74) is 0.480. The van der Waals surface area contributed by atoms with Crippen LogP contribution in [0.3, 0.4) is 0 Å². The molecule has 1 aliphatic heterocycles. The van der Waals surface area contributed by atoms with Gasteiger partial charge in [-0.3, -0.25) is 9.59 Å². The van der Waals surface area contributed by atoms with Gasteiger partial charge >= 0.3 is 5.97 Å². The number of nitrogens with zero attached hydrogens (tertiary/aromatic N) is 1. The Morgan fingerprint density at radius 1 is 1.30 bits per heavy atom. The van der Waals surface area contributed by atoms with E-state index in [4.69, 9.17) is 9.84 Å². The summed E-state index contributed by atoms with van der Waals surface area (Å²) in [4.78, 5) is 25.3. The van der Waals surface area contributed by atoms with E-state index in [1.807, 2.05) is 6.92 Å². The van der Waals surface area contributed by atoms with E-state index < -0.39 is 11.9 Å². The molecule has 2 atom stereocenters. The quantitative estimate of drug-likeness (QED) is 0.916. The smallest absolute Gasteiger partial charge is 0.308 e. The molecule has 2 rings (SSSR count). The van der Waals surface area contributed by atoms with Crippen LogP contribution in [-0.4, -0.2) is 42.1 Å². The second-order valence-electron chi connectivity index (χ2n) is 5.29. The van der Waals surface area contributed by atoms with Crippen molar-refractivity contribution < 1.29 is 19.4 Å². The van der Waals surface area contributed by atoms with Gasteiger partial charge in [-0.1, -0.05) is 19.1 Å². The van der Waals surface area contributed by atoms with Crippen molar-refractivity contribution in [1.82, 2.24) is 4.90 Å². The van der Waals surface area contributed by atoms with Crippen molar-refractivity contribution in [2.75, 3.05) is 20.2 Å². The number of carbonyl (C=O) groups is 2. The van der Waals surface area contributed by atoms with Gasteiger partial charge in [0.05, 0.1) is 18.6 Å². The second kappa shape index (κ2) is 5.94. The molecule has 0 saturated carbocycles. The molecule has 1 N–H and O–H groups in total. The Morgan fingerprint density at radius 3 is 2.65 bits per heavy atom. The van der Waals surface area contributed by atoms with Crippen LogP contribution < -0.4 is 4.74 Å². The first-order chi connectivity index (χ1) is 9.52. The third kappa shape index (κ3) is 2.92. The molecule has 1 saturated heterocycles. The highest BCUT2D eigenvalue weighted by Crippen LogP contribution is 2.26.